The van der Waals surface area contributed by atoms with E-state index in [9.17, 15) is 9.59 Å². The van der Waals surface area contributed by atoms with Gasteiger partial charge < -0.3 is 14.4 Å². The summed E-state index contributed by atoms with van der Waals surface area (Å²) in [5.74, 6) is -0.372. The summed E-state index contributed by atoms with van der Waals surface area (Å²) < 4.78 is 10.4. The molecule has 1 amide bonds. The zero-order valence-electron chi connectivity index (χ0n) is 15.1. The lowest BCUT2D eigenvalue weighted by molar-refractivity contribution is -0.133. The molecule has 1 aromatic carbocycles. The Kier molecular flexibility index (Phi) is 6.11. The van der Waals surface area contributed by atoms with Gasteiger partial charge in [0.25, 0.3) is 0 Å². The van der Waals surface area contributed by atoms with E-state index in [1.54, 1.807) is 17.0 Å². The lowest BCUT2D eigenvalue weighted by Gasteiger charge is -2.31. The molecule has 25 heavy (non-hydrogen) atoms. The number of esters is 1. The number of carbonyl (C=O) groups is 2. The molecule has 0 aromatic heterocycles. The number of amides is 1. The van der Waals surface area contributed by atoms with Gasteiger partial charge in [0.1, 0.15) is 5.60 Å². The fraction of sp³-hybridized carbons (Fsp3) is 0.474. The maximum absolute atomic E-state index is 12.3. The van der Waals surface area contributed by atoms with Crippen molar-refractivity contribution in [3.63, 3.8) is 0 Å². The Morgan fingerprint density at radius 2 is 1.64 bits per heavy atom. The van der Waals surface area contributed by atoms with E-state index in [2.05, 4.69) is 0 Å². The molecule has 2 rings (SSSR count). The van der Waals surface area contributed by atoms with E-state index in [0.717, 1.165) is 11.1 Å². The van der Waals surface area contributed by atoms with E-state index in [-0.39, 0.29) is 12.1 Å². The molecule has 0 atom stereocenters. The maximum Gasteiger partial charge on any atom is 0.410 e. The van der Waals surface area contributed by atoms with Gasteiger partial charge in [0.05, 0.1) is 12.7 Å². The van der Waals surface area contributed by atoms with E-state index in [4.69, 9.17) is 21.1 Å². The van der Waals surface area contributed by atoms with E-state index < -0.39 is 5.60 Å². The van der Waals surface area contributed by atoms with Gasteiger partial charge in [-0.15, -0.1) is 0 Å². The number of nitrogens with zero attached hydrogens (tertiary/aromatic N) is 1. The SMILES string of the molecule is COC(=O)C(=C1CCN(C(=O)OC(C)(C)C)CC1)c1ccc(Cl)cc1. The Hall–Kier alpha value is -2.01. The number of likely N-dealkylation sites (tertiary alicyclic amines) is 1. The summed E-state index contributed by atoms with van der Waals surface area (Å²) in [6.45, 7) is 6.55. The second kappa shape index (κ2) is 7.91. The Morgan fingerprint density at radius 1 is 1.08 bits per heavy atom. The zero-order valence-corrected chi connectivity index (χ0v) is 15.9. The molecule has 1 heterocycles. The first kappa shape index (κ1) is 19.3. The molecule has 0 unspecified atom stereocenters. The molecule has 0 saturated carbocycles. The molecule has 0 N–H and O–H groups in total. The van der Waals surface area contributed by atoms with E-state index in [0.29, 0.717) is 36.5 Å². The summed E-state index contributed by atoms with van der Waals surface area (Å²) in [7, 11) is 1.37. The third-order valence-electron chi connectivity index (χ3n) is 3.89. The minimum Gasteiger partial charge on any atom is -0.465 e. The number of hydrogen-bond acceptors (Lipinski definition) is 4. The number of piperidine rings is 1. The van der Waals surface area contributed by atoms with Gasteiger partial charge in [-0.05, 0) is 51.3 Å². The average molecular weight is 366 g/mol. The molecular formula is C19H24ClNO4. The average Bonchev–Trinajstić information content (AvgIpc) is 2.55. The van der Waals surface area contributed by atoms with Crippen molar-refractivity contribution in [3.8, 4) is 0 Å². The molecule has 1 saturated heterocycles. The Balaban J connectivity index is 2.18. The van der Waals surface area contributed by atoms with Crippen LogP contribution < -0.4 is 0 Å². The molecule has 136 valence electrons. The van der Waals surface area contributed by atoms with Crippen LogP contribution in [0.2, 0.25) is 5.02 Å². The number of hydrogen-bond donors (Lipinski definition) is 0. The first-order chi connectivity index (χ1) is 11.7. The third-order valence-corrected chi connectivity index (χ3v) is 4.15. The summed E-state index contributed by atoms with van der Waals surface area (Å²) in [5, 5.41) is 0.609. The van der Waals surface area contributed by atoms with Gasteiger partial charge in [0, 0.05) is 18.1 Å². The monoisotopic (exact) mass is 365 g/mol. The lowest BCUT2D eigenvalue weighted by atomic mass is 9.93. The Labute approximate surface area is 153 Å². The number of halogens is 1. The molecule has 1 aromatic rings. The van der Waals surface area contributed by atoms with Gasteiger partial charge in [-0.2, -0.15) is 0 Å². The molecule has 1 aliphatic heterocycles. The van der Waals surface area contributed by atoms with Crippen LogP contribution in [0.5, 0.6) is 0 Å². The summed E-state index contributed by atoms with van der Waals surface area (Å²) in [5.41, 5.74) is 1.79. The molecule has 0 radical (unpaired) electrons. The largest absolute Gasteiger partial charge is 0.465 e. The minimum absolute atomic E-state index is 0.322. The quantitative estimate of drug-likeness (QED) is 0.579. The fourth-order valence-corrected chi connectivity index (χ4v) is 2.85. The summed E-state index contributed by atoms with van der Waals surface area (Å²) >= 11 is 5.93. The van der Waals surface area contributed by atoms with Crippen LogP contribution in [0.25, 0.3) is 5.57 Å². The van der Waals surface area contributed by atoms with Crippen molar-refractivity contribution in [2.75, 3.05) is 20.2 Å². The van der Waals surface area contributed by atoms with Crippen LogP contribution in [-0.4, -0.2) is 42.8 Å². The highest BCUT2D eigenvalue weighted by molar-refractivity contribution is 6.30. The predicted octanol–water partition coefficient (Wildman–Crippen LogP) is 4.30. The molecule has 5 nitrogen and oxygen atoms in total. The van der Waals surface area contributed by atoms with E-state index >= 15 is 0 Å². The van der Waals surface area contributed by atoms with Gasteiger partial charge in [-0.3, -0.25) is 0 Å². The number of carbonyl (C=O) groups excluding carboxylic acids is 2. The summed E-state index contributed by atoms with van der Waals surface area (Å²) in [6, 6.07) is 7.11. The first-order valence-electron chi connectivity index (χ1n) is 8.25. The van der Waals surface area contributed by atoms with Crippen molar-refractivity contribution in [3.05, 3.63) is 40.4 Å². The highest BCUT2D eigenvalue weighted by Crippen LogP contribution is 2.29. The molecule has 0 spiro atoms. The molecule has 0 aliphatic carbocycles. The number of ether oxygens (including phenoxy) is 2. The van der Waals surface area contributed by atoms with Crippen molar-refractivity contribution in [2.45, 2.75) is 39.2 Å². The van der Waals surface area contributed by atoms with Crippen LogP contribution in [0.3, 0.4) is 0 Å². The van der Waals surface area contributed by atoms with Crippen LogP contribution >= 0.6 is 11.6 Å². The number of methoxy groups -OCH3 is 1. The van der Waals surface area contributed by atoms with E-state index in [1.807, 2.05) is 32.9 Å². The van der Waals surface area contributed by atoms with Crippen LogP contribution in [0.1, 0.15) is 39.2 Å². The van der Waals surface area contributed by atoms with Gasteiger partial charge in [-0.25, -0.2) is 9.59 Å². The van der Waals surface area contributed by atoms with Crippen molar-refractivity contribution in [1.82, 2.24) is 4.90 Å². The second-order valence-corrected chi connectivity index (χ2v) is 7.38. The first-order valence-corrected chi connectivity index (χ1v) is 8.63. The predicted molar refractivity (Wildman–Crippen MR) is 97.4 cm³/mol. The summed E-state index contributed by atoms with van der Waals surface area (Å²) in [6.07, 6.45) is 0.885. The smallest absolute Gasteiger partial charge is 0.410 e. The lowest BCUT2D eigenvalue weighted by Crippen LogP contribution is -2.40. The Morgan fingerprint density at radius 3 is 2.12 bits per heavy atom. The van der Waals surface area contributed by atoms with Gasteiger partial charge in [-0.1, -0.05) is 29.3 Å². The molecule has 1 fully saturated rings. The Bertz CT molecular complexity index is 664. The van der Waals surface area contributed by atoms with Gasteiger partial charge >= 0.3 is 12.1 Å². The highest BCUT2D eigenvalue weighted by Gasteiger charge is 2.27. The molecular weight excluding hydrogens is 342 g/mol. The van der Waals surface area contributed by atoms with E-state index in [1.165, 1.54) is 7.11 Å². The highest BCUT2D eigenvalue weighted by atomic mass is 35.5. The second-order valence-electron chi connectivity index (χ2n) is 6.94. The van der Waals surface area contributed by atoms with Crippen molar-refractivity contribution in [1.29, 1.82) is 0 Å². The van der Waals surface area contributed by atoms with Gasteiger partial charge in [0.15, 0.2) is 0 Å². The minimum atomic E-state index is -0.520. The zero-order chi connectivity index (χ0) is 18.6. The summed E-state index contributed by atoms with van der Waals surface area (Å²) in [4.78, 5) is 26.1. The van der Waals surface area contributed by atoms with Crippen molar-refractivity contribution < 1.29 is 19.1 Å². The number of benzene rings is 1. The molecule has 1 aliphatic rings. The van der Waals surface area contributed by atoms with Crippen molar-refractivity contribution in [2.24, 2.45) is 0 Å². The molecule has 6 heteroatoms. The van der Waals surface area contributed by atoms with Crippen LogP contribution in [0.15, 0.2) is 29.8 Å². The van der Waals surface area contributed by atoms with Crippen LogP contribution in [-0.2, 0) is 14.3 Å². The molecule has 0 bridgehead atoms. The maximum atomic E-state index is 12.3. The van der Waals surface area contributed by atoms with Crippen LogP contribution in [0, 0.1) is 0 Å². The van der Waals surface area contributed by atoms with Gasteiger partial charge in [0.2, 0.25) is 0 Å². The normalized spacial score (nSPS) is 14.9. The topological polar surface area (TPSA) is 55.8 Å². The number of rotatable bonds is 2. The third kappa shape index (κ3) is 5.23. The fourth-order valence-electron chi connectivity index (χ4n) is 2.72. The van der Waals surface area contributed by atoms with Crippen LogP contribution in [0.4, 0.5) is 4.79 Å². The standard InChI is InChI=1S/C19H24ClNO4/c1-19(2,3)25-18(23)21-11-9-14(10-12-21)16(17(22)24-4)13-5-7-15(20)8-6-13/h5-8H,9-12H2,1-4H3. The van der Waals surface area contributed by atoms with Crippen molar-refractivity contribution >= 4 is 29.2 Å².